The Bertz CT molecular complexity index is 1550. The Kier molecular flexibility index (Phi) is 5.93. The van der Waals surface area contributed by atoms with Crippen LogP contribution in [0.3, 0.4) is 0 Å². The molecule has 0 unspecified atom stereocenters. The fraction of sp³-hybridized carbons (Fsp3) is 0.148. The van der Waals surface area contributed by atoms with E-state index in [1.54, 1.807) is 38.1 Å². The second-order valence-electron chi connectivity index (χ2n) is 9.08. The van der Waals surface area contributed by atoms with E-state index in [1.807, 2.05) is 0 Å². The summed E-state index contributed by atoms with van der Waals surface area (Å²) < 4.78 is 54.7. The van der Waals surface area contributed by atoms with E-state index in [2.05, 4.69) is 20.3 Å². The van der Waals surface area contributed by atoms with E-state index < -0.39 is 34.4 Å². The minimum Gasteiger partial charge on any atom is -0.307 e. The van der Waals surface area contributed by atoms with E-state index in [9.17, 15) is 27.2 Å². The molecule has 1 aromatic carbocycles. The summed E-state index contributed by atoms with van der Waals surface area (Å²) in [6.07, 6.45) is -1.01. The smallest absolute Gasteiger partial charge is 0.307 e. The number of carbonyl (C=O) groups is 2. The molecule has 7 nitrogen and oxygen atoms in total. The number of anilines is 3. The van der Waals surface area contributed by atoms with Crippen molar-refractivity contribution < 1.29 is 27.2 Å². The molecule has 4 aromatic rings. The molecule has 1 aliphatic rings. The quantitative estimate of drug-likeness (QED) is 0.338. The van der Waals surface area contributed by atoms with Gasteiger partial charge in [0.05, 0.1) is 22.7 Å². The monoisotopic (exact) mass is 521 g/mol. The minimum atomic E-state index is -4.83. The minimum absolute atomic E-state index is 0.113. The van der Waals surface area contributed by atoms with Gasteiger partial charge in [0, 0.05) is 18.0 Å². The molecule has 4 heterocycles. The largest absolute Gasteiger partial charge is 0.417 e. The van der Waals surface area contributed by atoms with Gasteiger partial charge in [0.25, 0.3) is 5.91 Å². The average molecular weight is 521 g/mol. The van der Waals surface area contributed by atoms with Gasteiger partial charge in [-0.05, 0) is 67.4 Å². The highest BCUT2D eigenvalue weighted by molar-refractivity contribution is 6.13. The number of alkyl halides is 3. The molecule has 0 fully saturated rings. The van der Waals surface area contributed by atoms with Crippen LogP contribution in [-0.2, 0) is 16.4 Å². The summed E-state index contributed by atoms with van der Waals surface area (Å²) in [5.41, 5.74) is -1.71. The fourth-order valence-corrected chi connectivity index (χ4v) is 4.44. The van der Waals surface area contributed by atoms with Gasteiger partial charge in [0.2, 0.25) is 5.91 Å². The summed E-state index contributed by atoms with van der Waals surface area (Å²) in [7, 11) is 0. The number of benzene rings is 1. The predicted molar refractivity (Wildman–Crippen MR) is 131 cm³/mol. The number of amides is 2. The Balaban J connectivity index is 1.64. The highest BCUT2D eigenvalue weighted by Gasteiger charge is 2.48. The second-order valence-corrected chi connectivity index (χ2v) is 9.08. The van der Waals surface area contributed by atoms with Crippen molar-refractivity contribution in [3.8, 4) is 11.1 Å². The van der Waals surface area contributed by atoms with E-state index in [0.29, 0.717) is 22.8 Å². The Morgan fingerprint density at radius 3 is 2.42 bits per heavy atom. The van der Waals surface area contributed by atoms with Gasteiger partial charge in [0.1, 0.15) is 23.3 Å². The molecule has 0 bridgehead atoms. The zero-order valence-corrected chi connectivity index (χ0v) is 20.0. The highest BCUT2D eigenvalue weighted by atomic mass is 19.4. The summed E-state index contributed by atoms with van der Waals surface area (Å²) in [6.45, 7) is 3.39. The maximum absolute atomic E-state index is 13.9. The fourth-order valence-electron chi connectivity index (χ4n) is 4.44. The van der Waals surface area contributed by atoms with Crippen LogP contribution in [0, 0.1) is 5.82 Å². The normalized spacial score (nSPS) is 14.4. The van der Waals surface area contributed by atoms with Crippen LogP contribution in [0.25, 0.3) is 11.1 Å². The molecular weight excluding hydrogens is 502 g/mol. The van der Waals surface area contributed by atoms with Gasteiger partial charge in [-0.3, -0.25) is 9.59 Å². The maximum atomic E-state index is 13.9. The Hall–Kier alpha value is -4.67. The zero-order valence-electron chi connectivity index (χ0n) is 20.0. The summed E-state index contributed by atoms with van der Waals surface area (Å²) in [5, 5.41) is 2.28. The number of hydrogen-bond acceptors (Lipinski definition) is 5. The summed E-state index contributed by atoms with van der Waals surface area (Å²) in [5.74, 6) is -1.50. The first-order valence-electron chi connectivity index (χ1n) is 11.4. The van der Waals surface area contributed by atoms with Crippen molar-refractivity contribution in [2.45, 2.75) is 25.4 Å². The number of carbonyl (C=O) groups excluding carboxylic acids is 2. The van der Waals surface area contributed by atoms with Crippen molar-refractivity contribution in [1.82, 2.24) is 15.0 Å². The summed E-state index contributed by atoms with van der Waals surface area (Å²) in [6, 6.07) is 12.0. The molecule has 0 spiro atoms. The van der Waals surface area contributed by atoms with Crippen molar-refractivity contribution >= 4 is 29.3 Å². The molecule has 1 aliphatic heterocycles. The Morgan fingerprint density at radius 1 is 0.974 bits per heavy atom. The van der Waals surface area contributed by atoms with Gasteiger partial charge >= 0.3 is 6.18 Å². The zero-order chi connectivity index (χ0) is 27.2. The highest BCUT2D eigenvalue weighted by Crippen LogP contribution is 2.48. The van der Waals surface area contributed by atoms with Crippen LogP contribution in [0.4, 0.5) is 35.0 Å². The summed E-state index contributed by atoms with van der Waals surface area (Å²) >= 11 is 0. The van der Waals surface area contributed by atoms with Crippen LogP contribution in [0.1, 0.15) is 35.3 Å². The SMILES string of the molecule is CC1(C)C(=O)N(c2ccccn2)c2nccc(-c3ccc(C(F)(F)F)c(C(=O)Nc4ccc(F)cn4)c3)c21. The number of nitrogens with zero attached hydrogens (tertiary/aromatic N) is 4. The van der Waals surface area contributed by atoms with Gasteiger partial charge in [-0.15, -0.1) is 0 Å². The van der Waals surface area contributed by atoms with Crippen molar-refractivity contribution in [2.24, 2.45) is 0 Å². The van der Waals surface area contributed by atoms with Gasteiger partial charge in [-0.1, -0.05) is 12.1 Å². The molecule has 0 atom stereocenters. The Labute approximate surface area is 214 Å². The number of pyridine rings is 3. The predicted octanol–water partition coefficient (Wildman–Crippen LogP) is 5.90. The van der Waals surface area contributed by atoms with E-state index in [-0.39, 0.29) is 17.3 Å². The third-order valence-electron chi connectivity index (χ3n) is 6.23. The number of hydrogen-bond donors (Lipinski definition) is 1. The Morgan fingerprint density at radius 2 is 1.76 bits per heavy atom. The topological polar surface area (TPSA) is 88.1 Å². The standard InChI is InChI=1S/C27H19F4N5O2/c1-26(2)22-17(10-12-33-23(22)36(25(26)38)21-5-3-4-11-32-21)15-6-8-19(27(29,30)31)18(13-15)24(37)35-20-9-7-16(28)14-34-20/h3-14H,1-2H3,(H,34,35,37). The van der Waals surface area contributed by atoms with Crippen molar-refractivity contribution in [1.29, 1.82) is 0 Å². The third kappa shape index (κ3) is 4.25. The first-order valence-corrected chi connectivity index (χ1v) is 11.4. The van der Waals surface area contributed by atoms with Gasteiger partial charge in [0.15, 0.2) is 0 Å². The molecule has 0 saturated carbocycles. The molecule has 0 aliphatic carbocycles. The van der Waals surface area contributed by atoms with Crippen LogP contribution in [-0.4, -0.2) is 26.8 Å². The van der Waals surface area contributed by atoms with Crippen LogP contribution >= 0.6 is 0 Å². The third-order valence-corrected chi connectivity index (χ3v) is 6.23. The second kappa shape index (κ2) is 9.02. The number of aromatic nitrogens is 3. The van der Waals surface area contributed by atoms with Crippen molar-refractivity contribution in [2.75, 3.05) is 10.2 Å². The lowest BCUT2D eigenvalue weighted by atomic mass is 9.82. The molecule has 192 valence electrons. The van der Waals surface area contributed by atoms with Crippen LogP contribution in [0.2, 0.25) is 0 Å². The molecule has 5 rings (SSSR count). The lowest BCUT2D eigenvalue weighted by Crippen LogP contribution is -2.33. The van der Waals surface area contributed by atoms with Crippen molar-refractivity contribution in [3.05, 3.63) is 95.7 Å². The first-order chi connectivity index (χ1) is 18.0. The maximum Gasteiger partial charge on any atom is 0.417 e. The van der Waals surface area contributed by atoms with Gasteiger partial charge < -0.3 is 5.32 Å². The molecule has 3 aromatic heterocycles. The molecule has 0 radical (unpaired) electrons. The average Bonchev–Trinajstić information content (AvgIpc) is 3.10. The molecule has 38 heavy (non-hydrogen) atoms. The lowest BCUT2D eigenvalue weighted by Gasteiger charge is -2.20. The molecular formula is C27H19F4N5O2. The van der Waals surface area contributed by atoms with Gasteiger partial charge in [-0.2, -0.15) is 13.2 Å². The lowest BCUT2D eigenvalue weighted by molar-refractivity contribution is -0.137. The molecule has 1 N–H and O–H groups in total. The van der Waals surface area contributed by atoms with Crippen LogP contribution < -0.4 is 10.2 Å². The number of halogens is 4. The van der Waals surface area contributed by atoms with Crippen molar-refractivity contribution in [3.63, 3.8) is 0 Å². The molecule has 2 amide bonds. The van der Waals surface area contributed by atoms with Gasteiger partial charge in [-0.25, -0.2) is 24.2 Å². The number of rotatable bonds is 4. The molecule has 11 heteroatoms. The van der Waals surface area contributed by atoms with E-state index >= 15 is 0 Å². The molecule has 0 saturated heterocycles. The first kappa shape index (κ1) is 25.0. The van der Waals surface area contributed by atoms with E-state index in [4.69, 9.17) is 0 Å². The van der Waals surface area contributed by atoms with E-state index in [1.165, 1.54) is 23.4 Å². The van der Waals surface area contributed by atoms with Crippen LogP contribution in [0.5, 0.6) is 0 Å². The van der Waals surface area contributed by atoms with Crippen LogP contribution in [0.15, 0.2) is 73.2 Å². The van der Waals surface area contributed by atoms with E-state index in [0.717, 1.165) is 30.5 Å². The number of nitrogens with one attached hydrogen (secondary N) is 1. The summed E-state index contributed by atoms with van der Waals surface area (Å²) in [4.78, 5) is 40.1. The number of fused-ring (bicyclic) bond motifs is 1.